The molecule has 0 bridgehead atoms. The van der Waals surface area contributed by atoms with E-state index in [1.54, 1.807) is 17.5 Å². The molecule has 0 radical (unpaired) electrons. The highest BCUT2D eigenvalue weighted by atomic mass is 79.9. The number of hydrogen-bond donors (Lipinski definition) is 1. The zero-order chi connectivity index (χ0) is 14.5. The first-order chi connectivity index (χ1) is 9.61. The Hall–Kier alpha value is -1.65. The Bertz CT molecular complexity index is 701. The smallest absolute Gasteiger partial charge is 0.284 e. The fourth-order valence-corrected chi connectivity index (χ4v) is 2.73. The van der Waals surface area contributed by atoms with Gasteiger partial charge in [-0.3, -0.25) is 4.79 Å². The van der Waals surface area contributed by atoms with Gasteiger partial charge < -0.3 is 5.32 Å². The van der Waals surface area contributed by atoms with Crippen molar-refractivity contribution in [1.82, 2.24) is 14.8 Å². The summed E-state index contributed by atoms with van der Waals surface area (Å²) in [7, 11) is 0. The van der Waals surface area contributed by atoms with Gasteiger partial charge in [-0.2, -0.15) is 5.10 Å². The van der Waals surface area contributed by atoms with E-state index in [4.69, 9.17) is 6.42 Å². The van der Waals surface area contributed by atoms with Gasteiger partial charge in [-0.1, -0.05) is 5.92 Å². The van der Waals surface area contributed by atoms with Crippen LogP contribution in [0.15, 0.2) is 20.8 Å². The van der Waals surface area contributed by atoms with Crippen LogP contribution in [-0.4, -0.2) is 21.3 Å². The van der Waals surface area contributed by atoms with Crippen LogP contribution in [0.4, 0.5) is 5.69 Å². The maximum absolute atomic E-state index is 11.9. The number of anilines is 1. The first kappa shape index (κ1) is 14.8. The summed E-state index contributed by atoms with van der Waals surface area (Å²) in [6.07, 6.45) is 7.57. The highest BCUT2D eigenvalue weighted by Gasteiger charge is 2.08. The molecule has 0 aromatic carbocycles. The molecule has 0 aliphatic heterocycles. The highest BCUT2D eigenvalue weighted by Crippen LogP contribution is 2.16. The van der Waals surface area contributed by atoms with Crippen molar-refractivity contribution < 1.29 is 0 Å². The standard InChI is InChI=1S/C13H13BrN4OS/c1-3-6-18-13(19)12(14)11(7-16-18)15-5-4-10-8-20-9(2)17-10/h1,7-8,15H,4-6H2,2H3. The average molecular weight is 353 g/mol. The Kier molecular flexibility index (Phi) is 4.93. The van der Waals surface area contributed by atoms with Gasteiger partial charge in [-0.15, -0.1) is 17.8 Å². The zero-order valence-electron chi connectivity index (χ0n) is 10.9. The number of terminal acetylenes is 1. The fraction of sp³-hybridized carbons (Fsp3) is 0.308. The minimum absolute atomic E-state index is 0.163. The molecule has 104 valence electrons. The lowest BCUT2D eigenvalue weighted by Gasteiger charge is -2.08. The van der Waals surface area contributed by atoms with Crippen molar-refractivity contribution in [3.8, 4) is 12.3 Å². The normalized spacial score (nSPS) is 10.2. The predicted octanol–water partition coefficient (Wildman–Crippen LogP) is 2.06. The van der Waals surface area contributed by atoms with E-state index in [0.717, 1.165) is 17.1 Å². The molecule has 0 fully saturated rings. The monoisotopic (exact) mass is 352 g/mol. The third kappa shape index (κ3) is 3.46. The Morgan fingerprint density at radius 1 is 1.60 bits per heavy atom. The van der Waals surface area contributed by atoms with Gasteiger partial charge in [-0.25, -0.2) is 9.67 Å². The van der Waals surface area contributed by atoms with Crippen LogP contribution in [-0.2, 0) is 13.0 Å². The van der Waals surface area contributed by atoms with Gasteiger partial charge in [0.05, 0.1) is 22.6 Å². The third-order valence-corrected chi connectivity index (χ3v) is 4.18. The van der Waals surface area contributed by atoms with Crippen molar-refractivity contribution in [1.29, 1.82) is 0 Å². The molecular formula is C13H13BrN4OS. The van der Waals surface area contributed by atoms with Crippen molar-refractivity contribution in [3.05, 3.63) is 37.1 Å². The number of nitrogens with one attached hydrogen (secondary N) is 1. The maximum Gasteiger partial charge on any atom is 0.284 e. The fourth-order valence-electron chi connectivity index (χ4n) is 1.64. The van der Waals surface area contributed by atoms with Crippen LogP contribution < -0.4 is 10.9 Å². The van der Waals surface area contributed by atoms with Crippen molar-refractivity contribution in [2.75, 3.05) is 11.9 Å². The molecule has 2 rings (SSSR count). The molecule has 0 aliphatic carbocycles. The largest absolute Gasteiger partial charge is 0.382 e. The van der Waals surface area contributed by atoms with Gasteiger partial charge in [-0.05, 0) is 22.9 Å². The van der Waals surface area contributed by atoms with Gasteiger partial charge in [0.25, 0.3) is 5.56 Å². The van der Waals surface area contributed by atoms with Gasteiger partial charge in [0, 0.05) is 18.3 Å². The zero-order valence-corrected chi connectivity index (χ0v) is 13.3. The minimum Gasteiger partial charge on any atom is -0.382 e. The van der Waals surface area contributed by atoms with E-state index < -0.39 is 0 Å². The Morgan fingerprint density at radius 3 is 3.05 bits per heavy atom. The van der Waals surface area contributed by atoms with Crippen LogP contribution in [0.1, 0.15) is 10.7 Å². The highest BCUT2D eigenvalue weighted by molar-refractivity contribution is 9.10. The molecule has 0 amide bonds. The summed E-state index contributed by atoms with van der Waals surface area (Å²) in [5, 5.41) is 10.3. The van der Waals surface area contributed by atoms with Gasteiger partial charge >= 0.3 is 0 Å². The Morgan fingerprint density at radius 2 is 2.40 bits per heavy atom. The molecule has 1 N–H and O–H groups in total. The number of aromatic nitrogens is 3. The molecule has 0 saturated heterocycles. The van der Waals surface area contributed by atoms with Crippen LogP contribution in [0.2, 0.25) is 0 Å². The molecule has 0 unspecified atom stereocenters. The average Bonchev–Trinajstić information content (AvgIpc) is 2.84. The molecule has 5 nitrogen and oxygen atoms in total. The second kappa shape index (κ2) is 6.68. The van der Waals surface area contributed by atoms with Crippen molar-refractivity contribution in [2.24, 2.45) is 0 Å². The number of nitrogens with zero attached hydrogens (tertiary/aromatic N) is 3. The Labute approximate surface area is 129 Å². The number of halogens is 1. The first-order valence-electron chi connectivity index (χ1n) is 5.95. The maximum atomic E-state index is 11.9. The summed E-state index contributed by atoms with van der Waals surface area (Å²) in [5.41, 5.74) is 1.47. The van der Waals surface area contributed by atoms with Crippen LogP contribution in [0.5, 0.6) is 0 Å². The van der Waals surface area contributed by atoms with E-state index >= 15 is 0 Å². The molecule has 0 aliphatic rings. The lowest BCUT2D eigenvalue weighted by atomic mass is 10.3. The lowest BCUT2D eigenvalue weighted by Crippen LogP contribution is -2.24. The molecule has 0 spiro atoms. The van der Waals surface area contributed by atoms with Gasteiger partial charge in [0.15, 0.2) is 0 Å². The van der Waals surface area contributed by atoms with E-state index in [1.165, 1.54) is 4.68 Å². The molecule has 7 heteroatoms. The topological polar surface area (TPSA) is 59.8 Å². The number of rotatable bonds is 5. The second-order valence-electron chi connectivity index (χ2n) is 4.07. The molecule has 0 atom stereocenters. The lowest BCUT2D eigenvalue weighted by molar-refractivity contribution is 0.659. The van der Waals surface area contributed by atoms with E-state index in [-0.39, 0.29) is 12.1 Å². The van der Waals surface area contributed by atoms with Gasteiger partial charge in [0.1, 0.15) is 11.0 Å². The second-order valence-corrected chi connectivity index (χ2v) is 5.93. The quantitative estimate of drug-likeness (QED) is 0.836. The van der Waals surface area contributed by atoms with Crippen LogP contribution in [0.25, 0.3) is 0 Å². The predicted molar refractivity (Wildman–Crippen MR) is 84.1 cm³/mol. The molecule has 2 heterocycles. The van der Waals surface area contributed by atoms with Crippen molar-refractivity contribution in [3.63, 3.8) is 0 Å². The minimum atomic E-state index is -0.238. The molecule has 0 saturated carbocycles. The first-order valence-corrected chi connectivity index (χ1v) is 7.63. The molecule has 20 heavy (non-hydrogen) atoms. The number of aryl methyl sites for hydroxylation is 1. The summed E-state index contributed by atoms with van der Waals surface area (Å²) in [4.78, 5) is 16.3. The molecule has 2 aromatic rings. The van der Waals surface area contributed by atoms with Gasteiger partial charge in [0.2, 0.25) is 0 Å². The van der Waals surface area contributed by atoms with E-state index in [1.807, 2.05) is 12.3 Å². The van der Waals surface area contributed by atoms with Crippen LogP contribution in [0, 0.1) is 19.3 Å². The number of hydrogen-bond acceptors (Lipinski definition) is 5. The SMILES string of the molecule is C#CCn1ncc(NCCc2csc(C)n2)c(Br)c1=O. The van der Waals surface area contributed by atoms with Crippen molar-refractivity contribution in [2.45, 2.75) is 19.9 Å². The third-order valence-electron chi connectivity index (χ3n) is 2.59. The number of thiazole rings is 1. The summed E-state index contributed by atoms with van der Waals surface area (Å²) < 4.78 is 1.68. The molecular weight excluding hydrogens is 340 g/mol. The summed E-state index contributed by atoms with van der Waals surface area (Å²) in [6.45, 7) is 2.82. The summed E-state index contributed by atoms with van der Waals surface area (Å²) >= 11 is 4.90. The summed E-state index contributed by atoms with van der Waals surface area (Å²) in [5.74, 6) is 2.39. The summed E-state index contributed by atoms with van der Waals surface area (Å²) in [6, 6.07) is 0. The molecule has 2 aromatic heterocycles. The van der Waals surface area contributed by atoms with Crippen LogP contribution in [0.3, 0.4) is 0 Å². The van der Waals surface area contributed by atoms with E-state index in [2.05, 4.69) is 37.2 Å². The van der Waals surface area contributed by atoms with E-state index in [9.17, 15) is 4.79 Å². The Balaban J connectivity index is 2.02. The van der Waals surface area contributed by atoms with E-state index in [0.29, 0.717) is 16.7 Å². The van der Waals surface area contributed by atoms with Crippen LogP contribution >= 0.6 is 27.3 Å². The van der Waals surface area contributed by atoms with Crippen molar-refractivity contribution >= 4 is 33.0 Å².